The molecule has 1 saturated heterocycles. The van der Waals surface area contributed by atoms with E-state index in [9.17, 15) is 9.18 Å². The molecule has 0 saturated carbocycles. The van der Waals surface area contributed by atoms with E-state index in [2.05, 4.69) is 15.4 Å². The van der Waals surface area contributed by atoms with Crippen molar-refractivity contribution < 1.29 is 9.18 Å². The summed E-state index contributed by atoms with van der Waals surface area (Å²) in [5.74, 6) is -0.194. The van der Waals surface area contributed by atoms with Gasteiger partial charge in [-0.25, -0.2) is 4.39 Å². The number of aromatic amines is 1. The van der Waals surface area contributed by atoms with Crippen LogP contribution in [0.3, 0.4) is 0 Å². The molecule has 2 aromatic heterocycles. The van der Waals surface area contributed by atoms with Gasteiger partial charge in [0, 0.05) is 47.4 Å². The van der Waals surface area contributed by atoms with Gasteiger partial charge in [0.15, 0.2) is 0 Å². The Labute approximate surface area is 133 Å². The van der Waals surface area contributed by atoms with Crippen molar-refractivity contribution in [1.29, 1.82) is 0 Å². The molecule has 23 heavy (non-hydrogen) atoms. The number of hydrogen-bond donors (Lipinski definition) is 2. The summed E-state index contributed by atoms with van der Waals surface area (Å²) < 4.78 is 15.1. The average molecular weight is 314 g/mol. The van der Waals surface area contributed by atoms with Gasteiger partial charge in [0.05, 0.1) is 12.2 Å². The van der Waals surface area contributed by atoms with Crippen LogP contribution in [-0.4, -0.2) is 27.2 Å². The zero-order valence-electron chi connectivity index (χ0n) is 11.8. The number of benzene rings is 1. The number of aromatic nitrogens is 3. The highest BCUT2D eigenvalue weighted by Gasteiger charge is 2.21. The number of nitrogens with one attached hydrogen (secondary N) is 2. The SMILES string of the molecule is C.O=C1CC(n2cc(-c3c[nH]c4cc(F)ccc34)cn2)CCN1. The maximum Gasteiger partial charge on any atom is 0.222 e. The Kier molecular flexibility index (Phi) is 3.90. The number of carbonyl (C=O) groups excluding carboxylic acids is 1. The van der Waals surface area contributed by atoms with Gasteiger partial charge in [0.2, 0.25) is 5.91 Å². The van der Waals surface area contributed by atoms with Crippen LogP contribution in [0.1, 0.15) is 26.3 Å². The smallest absolute Gasteiger partial charge is 0.222 e. The van der Waals surface area contributed by atoms with Crippen molar-refractivity contribution in [2.75, 3.05) is 6.54 Å². The van der Waals surface area contributed by atoms with Crippen molar-refractivity contribution in [1.82, 2.24) is 20.1 Å². The molecule has 0 aliphatic carbocycles. The van der Waals surface area contributed by atoms with Gasteiger partial charge in [-0.15, -0.1) is 0 Å². The summed E-state index contributed by atoms with van der Waals surface area (Å²) in [6.45, 7) is 0.686. The van der Waals surface area contributed by atoms with Gasteiger partial charge in [0.25, 0.3) is 0 Å². The third-order valence-electron chi connectivity index (χ3n) is 4.15. The summed E-state index contributed by atoms with van der Waals surface area (Å²) in [6, 6.07) is 4.80. The minimum Gasteiger partial charge on any atom is -0.360 e. The number of carbonyl (C=O) groups is 1. The third-order valence-corrected chi connectivity index (χ3v) is 4.15. The second-order valence-electron chi connectivity index (χ2n) is 5.60. The second kappa shape index (κ2) is 5.87. The summed E-state index contributed by atoms with van der Waals surface area (Å²) in [7, 11) is 0. The molecule has 1 aromatic carbocycles. The van der Waals surface area contributed by atoms with Crippen LogP contribution in [0.15, 0.2) is 36.8 Å². The molecule has 1 fully saturated rings. The van der Waals surface area contributed by atoms with Gasteiger partial charge < -0.3 is 10.3 Å². The van der Waals surface area contributed by atoms with Crippen LogP contribution in [0.4, 0.5) is 4.39 Å². The molecular formula is C17H19FN4O. The van der Waals surface area contributed by atoms with Gasteiger partial charge in [-0.3, -0.25) is 9.48 Å². The van der Waals surface area contributed by atoms with Gasteiger partial charge in [-0.2, -0.15) is 5.10 Å². The fourth-order valence-electron chi connectivity index (χ4n) is 3.01. The van der Waals surface area contributed by atoms with E-state index in [0.717, 1.165) is 28.5 Å². The maximum absolute atomic E-state index is 13.3. The molecule has 0 bridgehead atoms. The van der Waals surface area contributed by atoms with E-state index in [4.69, 9.17) is 0 Å². The minimum atomic E-state index is -0.259. The molecule has 1 amide bonds. The predicted octanol–water partition coefficient (Wildman–Crippen LogP) is 3.26. The van der Waals surface area contributed by atoms with Crippen molar-refractivity contribution in [3.8, 4) is 11.1 Å². The van der Waals surface area contributed by atoms with Gasteiger partial charge in [-0.05, 0) is 24.6 Å². The molecule has 3 aromatic rings. The molecule has 0 radical (unpaired) electrons. The van der Waals surface area contributed by atoms with Crippen LogP contribution in [0.5, 0.6) is 0 Å². The molecule has 1 atom stereocenters. The van der Waals surface area contributed by atoms with Gasteiger partial charge in [-0.1, -0.05) is 7.43 Å². The zero-order valence-corrected chi connectivity index (χ0v) is 11.8. The fourth-order valence-corrected chi connectivity index (χ4v) is 3.01. The molecule has 1 aliphatic heterocycles. The normalized spacial score (nSPS) is 17.8. The molecular weight excluding hydrogens is 295 g/mol. The quantitative estimate of drug-likeness (QED) is 0.762. The molecule has 0 spiro atoms. The molecule has 2 N–H and O–H groups in total. The number of piperidine rings is 1. The third kappa shape index (κ3) is 2.72. The first kappa shape index (κ1) is 15.3. The summed E-state index contributed by atoms with van der Waals surface area (Å²) in [6.07, 6.45) is 6.94. The fraction of sp³-hybridized carbons (Fsp3) is 0.294. The Hall–Kier alpha value is -2.63. The average Bonchev–Trinajstić information content (AvgIpc) is 3.12. The summed E-state index contributed by atoms with van der Waals surface area (Å²) in [5.41, 5.74) is 2.71. The first-order valence-electron chi connectivity index (χ1n) is 7.28. The Balaban J connectivity index is 0.00000156. The summed E-state index contributed by atoms with van der Waals surface area (Å²) in [5, 5.41) is 8.19. The highest BCUT2D eigenvalue weighted by molar-refractivity contribution is 5.95. The Bertz CT molecular complexity index is 851. The standard InChI is InChI=1S/C16H15FN4O.CH4/c17-11-1-2-13-14(8-19-15(13)5-11)10-7-20-21(9-10)12-3-4-18-16(22)6-12;/h1-2,5,7-9,12,19H,3-4,6H2,(H,18,22);1H4. The maximum atomic E-state index is 13.3. The number of nitrogens with zero attached hydrogens (tertiary/aromatic N) is 2. The predicted molar refractivity (Wildman–Crippen MR) is 87.5 cm³/mol. The number of hydrogen-bond acceptors (Lipinski definition) is 2. The van der Waals surface area contributed by atoms with Crippen LogP contribution in [-0.2, 0) is 4.79 Å². The van der Waals surface area contributed by atoms with E-state index >= 15 is 0 Å². The lowest BCUT2D eigenvalue weighted by Crippen LogP contribution is -2.34. The molecule has 1 aliphatic rings. The molecule has 4 rings (SSSR count). The van der Waals surface area contributed by atoms with E-state index < -0.39 is 0 Å². The monoisotopic (exact) mass is 314 g/mol. The minimum absolute atomic E-state index is 0. The molecule has 3 heterocycles. The number of H-pyrrole nitrogens is 1. The first-order valence-corrected chi connectivity index (χ1v) is 7.28. The topological polar surface area (TPSA) is 62.7 Å². The van der Waals surface area contributed by atoms with Crippen molar-refractivity contribution in [3.63, 3.8) is 0 Å². The number of fused-ring (bicyclic) bond motifs is 1. The van der Waals surface area contributed by atoms with E-state index in [1.54, 1.807) is 12.3 Å². The van der Waals surface area contributed by atoms with Gasteiger partial charge >= 0.3 is 0 Å². The zero-order chi connectivity index (χ0) is 15.1. The largest absolute Gasteiger partial charge is 0.360 e. The number of rotatable bonds is 2. The van der Waals surface area contributed by atoms with Crippen molar-refractivity contribution in [2.45, 2.75) is 26.3 Å². The molecule has 6 heteroatoms. The van der Waals surface area contributed by atoms with E-state index in [1.165, 1.54) is 12.1 Å². The Morgan fingerprint density at radius 2 is 2.22 bits per heavy atom. The lowest BCUT2D eigenvalue weighted by molar-refractivity contribution is -0.123. The summed E-state index contributed by atoms with van der Waals surface area (Å²) >= 11 is 0. The van der Waals surface area contributed by atoms with Crippen LogP contribution < -0.4 is 5.32 Å². The molecule has 5 nitrogen and oxygen atoms in total. The van der Waals surface area contributed by atoms with Crippen molar-refractivity contribution in [2.24, 2.45) is 0 Å². The Morgan fingerprint density at radius 1 is 1.35 bits per heavy atom. The highest BCUT2D eigenvalue weighted by Crippen LogP contribution is 2.30. The van der Waals surface area contributed by atoms with Gasteiger partial charge in [0.1, 0.15) is 5.82 Å². The van der Waals surface area contributed by atoms with E-state index in [0.29, 0.717) is 13.0 Å². The second-order valence-corrected chi connectivity index (χ2v) is 5.60. The van der Waals surface area contributed by atoms with E-state index in [-0.39, 0.29) is 25.2 Å². The van der Waals surface area contributed by atoms with Crippen LogP contribution in [0, 0.1) is 5.82 Å². The van der Waals surface area contributed by atoms with Crippen molar-refractivity contribution in [3.05, 3.63) is 42.6 Å². The number of halogens is 1. The van der Waals surface area contributed by atoms with Crippen LogP contribution in [0.25, 0.3) is 22.0 Å². The lowest BCUT2D eigenvalue weighted by Gasteiger charge is -2.22. The first-order chi connectivity index (χ1) is 10.7. The summed E-state index contributed by atoms with van der Waals surface area (Å²) in [4.78, 5) is 14.6. The highest BCUT2D eigenvalue weighted by atomic mass is 19.1. The van der Waals surface area contributed by atoms with E-state index in [1.807, 2.05) is 17.1 Å². The Morgan fingerprint density at radius 3 is 3.04 bits per heavy atom. The lowest BCUT2D eigenvalue weighted by atomic mass is 10.1. The van der Waals surface area contributed by atoms with Crippen molar-refractivity contribution >= 4 is 16.8 Å². The molecule has 120 valence electrons. The number of amides is 1. The molecule has 1 unspecified atom stereocenters. The van der Waals surface area contributed by atoms with Crippen LogP contribution in [0.2, 0.25) is 0 Å². The van der Waals surface area contributed by atoms with Crippen LogP contribution >= 0.6 is 0 Å².